The lowest BCUT2D eigenvalue weighted by molar-refractivity contribution is 0.134. The van der Waals surface area contributed by atoms with Gasteiger partial charge in [0, 0.05) is 30.8 Å². The first-order valence-corrected chi connectivity index (χ1v) is 7.37. The molecule has 116 valence electrons. The van der Waals surface area contributed by atoms with Crippen molar-refractivity contribution in [2.24, 2.45) is 7.05 Å². The van der Waals surface area contributed by atoms with E-state index in [9.17, 15) is 9.59 Å². The fraction of sp³-hybridized carbons (Fsp3) is 0.375. The highest BCUT2D eigenvalue weighted by molar-refractivity contribution is 5.67. The molecule has 0 spiro atoms. The van der Waals surface area contributed by atoms with Gasteiger partial charge in [-0.3, -0.25) is 14.6 Å². The van der Waals surface area contributed by atoms with Gasteiger partial charge in [-0.05, 0) is 18.4 Å². The zero-order valence-corrected chi connectivity index (χ0v) is 12.5. The van der Waals surface area contributed by atoms with Gasteiger partial charge in [0.05, 0.1) is 0 Å². The normalized spacial score (nSPS) is 16.9. The second-order valence-corrected chi connectivity index (χ2v) is 5.58. The molecule has 0 aliphatic heterocycles. The fourth-order valence-corrected chi connectivity index (χ4v) is 2.79. The van der Waals surface area contributed by atoms with Gasteiger partial charge < -0.3 is 10.1 Å². The third kappa shape index (κ3) is 3.05. The van der Waals surface area contributed by atoms with Crippen molar-refractivity contribution < 1.29 is 9.53 Å². The van der Waals surface area contributed by atoms with Gasteiger partial charge in [0.25, 0.3) is 5.56 Å². The van der Waals surface area contributed by atoms with Crippen molar-refractivity contribution in [3.8, 4) is 0 Å². The molecule has 2 N–H and O–H groups in total. The average Bonchev–Trinajstić information content (AvgIpc) is 2.81. The Morgan fingerprint density at radius 2 is 2.18 bits per heavy atom. The predicted octanol–water partition coefficient (Wildman–Crippen LogP) is 1.50. The number of amides is 1. The van der Waals surface area contributed by atoms with Gasteiger partial charge in [0.15, 0.2) is 0 Å². The minimum Gasteiger partial charge on any atom is -0.445 e. The number of fused-ring (bicyclic) bond motifs is 1. The van der Waals surface area contributed by atoms with E-state index in [1.807, 2.05) is 30.3 Å². The van der Waals surface area contributed by atoms with Crippen LogP contribution in [0.25, 0.3) is 0 Å². The van der Waals surface area contributed by atoms with E-state index in [-0.39, 0.29) is 18.2 Å². The maximum atomic E-state index is 11.9. The molecule has 6 nitrogen and oxygen atoms in total. The highest BCUT2D eigenvalue weighted by atomic mass is 16.5. The largest absolute Gasteiger partial charge is 0.445 e. The number of carbonyl (C=O) groups is 1. The molecule has 0 radical (unpaired) electrons. The lowest BCUT2D eigenvalue weighted by Gasteiger charge is -2.22. The highest BCUT2D eigenvalue weighted by Gasteiger charge is 2.25. The summed E-state index contributed by atoms with van der Waals surface area (Å²) in [6, 6.07) is 9.48. The maximum Gasteiger partial charge on any atom is 0.407 e. The first-order valence-electron chi connectivity index (χ1n) is 7.37. The second kappa shape index (κ2) is 6.09. The zero-order chi connectivity index (χ0) is 15.5. The summed E-state index contributed by atoms with van der Waals surface area (Å²) in [6.45, 7) is 0.247. The van der Waals surface area contributed by atoms with Gasteiger partial charge in [-0.15, -0.1) is 0 Å². The third-order valence-electron chi connectivity index (χ3n) is 3.96. The number of aromatic amines is 1. The topological polar surface area (TPSA) is 76.1 Å². The summed E-state index contributed by atoms with van der Waals surface area (Å²) in [5.41, 5.74) is 2.67. The Bertz CT molecular complexity index is 718. The van der Waals surface area contributed by atoms with Crippen LogP contribution in [0.1, 0.15) is 23.2 Å². The van der Waals surface area contributed by atoms with Crippen molar-refractivity contribution in [3.63, 3.8) is 0 Å². The molecule has 0 saturated carbocycles. The Labute approximate surface area is 128 Å². The highest BCUT2D eigenvalue weighted by Crippen LogP contribution is 2.17. The number of carbonyl (C=O) groups excluding carboxylic acids is 1. The zero-order valence-electron chi connectivity index (χ0n) is 12.5. The number of hydrogen-bond donors (Lipinski definition) is 2. The van der Waals surface area contributed by atoms with Gasteiger partial charge in [0.2, 0.25) is 0 Å². The molecule has 6 heteroatoms. The van der Waals surface area contributed by atoms with E-state index in [1.54, 1.807) is 7.05 Å². The summed E-state index contributed by atoms with van der Waals surface area (Å²) in [6.07, 6.45) is 1.67. The molecule has 2 aromatic rings. The molecule has 22 heavy (non-hydrogen) atoms. The number of nitrogens with zero attached hydrogens (tertiary/aromatic N) is 1. The van der Waals surface area contributed by atoms with Crippen LogP contribution in [0, 0.1) is 0 Å². The predicted molar refractivity (Wildman–Crippen MR) is 81.6 cm³/mol. The third-order valence-corrected chi connectivity index (χ3v) is 3.96. The Morgan fingerprint density at radius 3 is 2.95 bits per heavy atom. The summed E-state index contributed by atoms with van der Waals surface area (Å²) in [5, 5.41) is 5.89. The molecule has 1 aromatic heterocycles. The summed E-state index contributed by atoms with van der Waals surface area (Å²) >= 11 is 0. The second-order valence-electron chi connectivity index (χ2n) is 5.58. The molecule has 1 amide bonds. The lowest BCUT2D eigenvalue weighted by atomic mass is 9.93. The molecule has 1 aliphatic carbocycles. The van der Waals surface area contributed by atoms with Crippen LogP contribution >= 0.6 is 0 Å². The molecule has 1 heterocycles. The fourth-order valence-electron chi connectivity index (χ4n) is 2.79. The van der Waals surface area contributed by atoms with Crippen molar-refractivity contribution in [1.82, 2.24) is 15.1 Å². The van der Waals surface area contributed by atoms with Gasteiger partial charge >= 0.3 is 6.09 Å². The van der Waals surface area contributed by atoms with E-state index in [1.165, 1.54) is 4.68 Å². The van der Waals surface area contributed by atoms with Crippen molar-refractivity contribution in [1.29, 1.82) is 0 Å². The number of aryl methyl sites for hydroxylation is 2. The minimum absolute atomic E-state index is 0.0147. The molecule has 1 unspecified atom stereocenters. The SMILES string of the molecule is Cn1[nH]c2c(c1=O)CC(NC(=O)OCc1ccccc1)CC2. The van der Waals surface area contributed by atoms with Crippen LogP contribution in [0.5, 0.6) is 0 Å². The Hall–Kier alpha value is -2.50. The van der Waals surface area contributed by atoms with E-state index in [2.05, 4.69) is 10.4 Å². The van der Waals surface area contributed by atoms with Crippen molar-refractivity contribution in [2.45, 2.75) is 31.9 Å². The number of ether oxygens (including phenoxy) is 1. The van der Waals surface area contributed by atoms with Crippen LogP contribution in [0.15, 0.2) is 35.1 Å². The first-order chi connectivity index (χ1) is 10.6. The lowest BCUT2D eigenvalue weighted by Crippen LogP contribution is -2.40. The minimum atomic E-state index is -0.440. The van der Waals surface area contributed by atoms with Crippen LogP contribution in [-0.2, 0) is 31.2 Å². The van der Waals surface area contributed by atoms with E-state index in [0.29, 0.717) is 6.42 Å². The number of aromatic nitrogens is 2. The van der Waals surface area contributed by atoms with Crippen LogP contribution in [0.4, 0.5) is 4.79 Å². The summed E-state index contributed by atoms with van der Waals surface area (Å²) in [7, 11) is 1.71. The molecule has 3 rings (SSSR count). The molecule has 0 saturated heterocycles. The van der Waals surface area contributed by atoms with E-state index >= 15 is 0 Å². The van der Waals surface area contributed by atoms with Gasteiger partial charge in [-0.25, -0.2) is 4.79 Å². The summed E-state index contributed by atoms with van der Waals surface area (Å²) < 4.78 is 6.70. The van der Waals surface area contributed by atoms with Gasteiger partial charge in [-0.1, -0.05) is 30.3 Å². The molecule has 0 bridgehead atoms. The van der Waals surface area contributed by atoms with E-state index in [0.717, 1.165) is 29.7 Å². The summed E-state index contributed by atoms with van der Waals surface area (Å²) in [5.74, 6) is 0. The molecular formula is C16H19N3O3. The smallest absolute Gasteiger partial charge is 0.407 e. The van der Waals surface area contributed by atoms with E-state index < -0.39 is 6.09 Å². The van der Waals surface area contributed by atoms with Crippen LogP contribution in [0.2, 0.25) is 0 Å². The molecular weight excluding hydrogens is 282 g/mol. The van der Waals surface area contributed by atoms with Crippen molar-refractivity contribution in [3.05, 3.63) is 57.5 Å². The molecule has 1 atom stereocenters. The van der Waals surface area contributed by atoms with Crippen molar-refractivity contribution in [2.75, 3.05) is 0 Å². The molecule has 0 fully saturated rings. The van der Waals surface area contributed by atoms with Crippen LogP contribution < -0.4 is 10.9 Å². The van der Waals surface area contributed by atoms with Crippen LogP contribution in [0.3, 0.4) is 0 Å². The Kier molecular flexibility index (Phi) is 4.00. The van der Waals surface area contributed by atoms with E-state index in [4.69, 9.17) is 4.74 Å². The van der Waals surface area contributed by atoms with Crippen molar-refractivity contribution >= 4 is 6.09 Å². The van der Waals surface area contributed by atoms with Gasteiger partial charge in [-0.2, -0.15) is 0 Å². The van der Waals surface area contributed by atoms with Gasteiger partial charge in [0.1, 0.15) is 6.61 Å². The quantitative estimate of drug-likeness (QED) is 0.902. The number of rotatable bonds is 3. The summed E-state index contributed by atoms with van der Waals surface area (Å²) in [4.78, 5) is 23.8. The Morgan fingerprint density at radius 1 is 1.41 bits per heavy atom. The molecule has 1 aliphatic rings. The average molecular weight is 301 g/mol. The maximum absolute atomic E-state index is 11.9. The first kappa shape index (κ1) is 14.4. The number of H-pyrrole nitrogens is 1. The monoisotopic (exact) mass is 301 g/mol. The Balaban J connectivity index is 1.55. The number of nitrogens with one attached hydrogen (secondary N) is 2. The molecule has 1 aromatic carbocycles. The standard InChI is InChI=1S/C16H19N3O3/c1-19-15(20)13-9-12(7-8-14(13)18-19)17-16(21)22-10-11-5-3-2-4-6-11/h2-6,12,18H,7-10H2,1H3,(H,17,21). The number of alkyl carbamates (subject to hydrolysis) is 1. The van der Waals surface area contributed by atoms with Crippen LogP contribution in [-0.4, -0.2) is 21.9 Å². The number of hydrogen-bond acceptors (Lipinski definition) is 3. The number of benzene rings is 1.